The number of likely N-dealkylation sites (N-methyl/N-ethyl adjacent to an activating group) is 3. The lowest BCUT2D eigenvalue weighted by Crippen LogP contribution is -2.52. The van der Waals surface area contributed by atoms with E-state index in [2.05, 4.69) is 52.5 Å². The monoisotopic (exact) mass is 430 g/mol. The van der Waals surface area contributed by atoms with Crippen LogP contribution in [0.15, 0.2) is 12.2 Å². The highest BCUT2D eigenvalue weighted by Crippen LogP contribution is 2.05. The lowest BCUT2D eigenvalue weighted by Gasteiger charge is -2.34. The van der Waals surface area contributed by atoms with E-state index in [1.54, 1.807) is 6.92 Å². The number of rotatable bonds is 15. The van der Waals surface area contributed by atoms with Crippen molar-refractivity contribution in [1.29, 1.82) is 0 Å². The van der Waals surface area contributed by atoms with Crippen molar-refractivity contribution in [1.82, 2.24) is 10.6 Å². The van der Waals surface area contributed by atoms with E-state index >= 15 is 0 Å². The van der Waals surface area contributed by atoms with Gasteiger partial charge in [0.2, 0.25) is 5.91 Å². The third-order valence-electron chi connectivity index (χ3n) is 4.91. The first-order valence-electron chi connectivity index (χ1n) is 10.9. The van der Waals surface area contributed by atoms with Gasteiger partial charge in [0.15, 0.2) is 12.6 Å². The maximum absolute atomic E-state index is 12.3. The Bertz CT molecular complexity index is 568. The Kier molecular flexibility index (Phi) is 11.8. The zero-order valence-electron chi connectivity index (χ0n) is 20.8. The molecule has 0 aliphatic carbocycles. The number of nitrogens with one attached hydrogen (secondary N) is 2. The van der Waals surface area contributed by atoms with Crippen LogP contribution in [0.1, 0.15) is 19.8 Å². The van der Waals surface area contributed by atoms with E-state index in [9.17, 15) is 14.7 Å². The normalized spacial score (nSPS) is 13.6. The first-order valence-corrected chi connectivity index (χ1v) is 10.9. The first-order chi connectivity index (χ1) is 13.5. The number of nitrogens with zero attached hydrogens (tertiary/aromatic N) is 3. The summed E-state index contributed by atoms with van der Waals surface area (Å²) in [5, 5.41) is 16.1. The number of amides is 2. The molecule has 0 fully saturated rings. The molecule has 8 nitrogen and oxygen atoms in total. The zero-order chi connectivity index (χ0) is 23.6. The molecule has 0 heterocycles. The van der Waals surface area contributed by atoms with Gasteiger partial charge in [0.1, 0.15) is 13.1 Å². The highest BCUT2D eigenvalue weighted by molar-refractivity contribution is 5.91. The maximum Gasteiger partial charge on any atom is 0.275 e. The van der Waals surface area contributed by atoms with Gasteiger partial charge in [-0.25, -0.2) is 0 Å². The quantitative estimate of drug-likeness (QED) is 0.191. The molecule has 0 spiro atoms. The first kappa shape index (κ1) is 28.5. The number of aliphatic hydroxyl groups is 1. The van der Waals surface area contributed by atoms with Crippen LogP contribution in [-0.2, 0) is 9.59 Å². The summed E-state index contributed by atoms with van der Waals surface area (Å²) >= 11 is 0. The number of hydrogen-bond donors (Lipinski definition) is 3. The zero-order valence-corrected chi connectivity index (χ0v) is 20.8. The van der Waals surface area contributed by atoms with Crippen molar-refractivity contribution in [2.24, 2.45) is 0 Å². The molecular weight excluding hydrogens is 382 g/mol. The van der Waals surface area contributed by atoms with Crippen molar-refractivity contribution in [2.45, 2.75) is 25.9 Å². The lowest BCUT2D eigenvalue weighted by atomic mass is 10.2. The van der Waals surface area contributed by atoms with Crippen LogP contribution >= 0.6 is 0 Å². The number of hydrogen-bond acceptors (Lipinski definition) is 3. The van der Waals surface area contributed by atoms with Gasteiger partial charge < -0.3 is 29.2 Å². The molecular formula is C22H48N5O3+3. The largest absolute Gasteiger partial charge is 0.382 e. The molecule has 30 heavy (non-hydrogen) atoms. The van der Waals surface area contributed by atoms with E-state index in [-0.39, 0.29) is 17.9 Å². The Morgan fingerprint density at radius 1 is 0.867 bits per heavy atom. The molecule has 0 saturated heterocycles. The highest BCUT2D eigenvalue weighted by Gasteiger charge is 2.25. The van der Waals surface area contributed by atoms with Crippen LogP contribution in [0.4, 0.5) is 0 Å². The second-order valence-corrected chi connectivity index (χ2v) is 10.9. The highest BCUT2D eigenvalue weighted by atomic mass is 16.3. The van der Waals surface area contributed by atoms with Gasteiger partial charge in [0.25, 0.3) is 5.91 Å². The molecule has 0 bridgehead atoms. The van der Waals surface area contributed by atoms with E-state index in [0.29, 0.717) is 36.2 Å². The van der Waals surface area contributed by atoms with Crippen molar-refractivity contribution in [3.63, 3.8) is 0 Å². The van der Waals surface area contributed by atoms with Crippen LogP contribution < -0.4 is 10.6 Å². The van der Waals surface area contributed by atoms with Crippen LogP contribution in [0.5, 0.6) is 0 Å². The summed E-state index contributed by atoms with van der Waals surface area (Å²) in [4.78, 5) is 23.8. The fourth-order valence-corrected chi connectivity index (χ4v) is 3.47. The molecule has 0 aromatic carbocycles. The predicted molar refractivity (Wildman–Crippen MR) is 123 cm³/mol. The minimum atomic E-state index is -0.340. The van der Waals surface area contributed by atoms with Gasteiger partial charge in [0.05, 0.1) is 62.4 Å². The fraction of sp³-hybridized carbons (Fsp3) is 0.818. The topological polar surface area (TPSA) is 78.4 Å². The summed E-state index contributed by atoms with van der Waals surface area (Å²) in [7, 11) is 14.5. The molecule has 0 aliphatic rings. The molecule has 3 N–H and O–H groups in total. The number of quaternary nitrogens is 3. The molecule has 0 aliphatic heterocycles. The predicted octanol–water partition coefficient (Wildman–Crippen LogP) is -0.205. The molecule has 0 aromatic heterocycles. The Balaban J connectivity index is 4.11. The van der Waals surface area contributed by atoms with E-state index in [1.165, 1.54) is 0 Å². The van der Waals surface area contributed by atoms with Crippen molar-refractivity contribution >= 4 is 11.8 Å². The molecule has 8 heteroatoms. The number of carbonyl (C=O) groups excluding carboxylic acids is 2. The molecule has 0 radical (unpaired) electrons. The molecule has 1 atom stereocenters. The van der Waals surface area contributed by atoms with Crippen molar-refractivity contribution in [3.8, 4) is 0 Å². The van der Waals surface area contributed by atoms with Gasteiger partial charge >= 0.3 is 0 Å². The molecule has 0 saturated carbocycles. The van der Waals surface area contributed by atoms with Crippen molar-refractivity contribution < 1.29 is 28.1 Å². The fourth-order valence-electron chi connectivity index (χ4n) is 3.47. The summed E-state index contributed by atoms with van der Waals surface area (Å²) < 4.78 is 2.05. The lowest BCUT2D eigenvalue weighted by molar-refractivity contribution is -0.907. The summed E-state index contributed by atoms with van der Waals surface area (Å²) in [6, 6.07) is 0. The van der Waals surface area contributed by atoms with E-state index < -0.39 is 0 Å². The Hall–Kier alpha value is -1.48. The van der Waals surface area contributed by atoms with Crippen LogP contribution in [0.25, 0.3) is 0 Å². The molecule has 2 amide bonds. The van der Waals surface area contributed by atoms with E-state index in [0.717, 1.165) is 41.4 Å². The number of aliphatic hydroxyl groups excluding tert-OH is 1. The Morgan fingerprint density at radius 2 is 1.37 bits per heavy atom. The molecule has 1 unspecified atom stereocenters. The average molecular weight is 431 g/mol. The Morgan fingerprint density at radius 3 is 1.87 bits per heavy atom. The second kappa shape index (κ2) is 12.4. The van der Waals surface area contributed by atoms with Crippen molar-refractivity contribution in [2.75, 3.05) is 95.1 Å². The third-order valence-corrected chi connectivity index (χ3v) is 4.91. The van der Waals surface area contributed by atoms with Gasteiger partial charge in [-0.2, -0.15) is 0 Å². The van der Waals surface area contributed by atoms with E-state index in [1.807, 2.05) is 14.1 Å². The second-order valence-electron chi connectivity index (χ2n) is 10.9. The smallest absolute Gasteiger partial charge is 0.275 e. The standard InChI is InChI=1S/C22H46N5O3/c1-19(2)22(30)24-13-11-15-27(8,9)18-21(29)23-12-10-14-26(6,7)17-20(28)16-25(3,4)5/h20,28H,1,10-18H2,2-9H3/q+1/p+2. The minimum absolute atomic E-state index is 0.0429. The number of carbonyl (C=O) groups is 2. The van der Waals surface area contributed by atoms with Gasteiger partial charge in [-0.15, -0.1) is 0 Å². The van der Waals surface area contributed by atoms with Gasteiger partial charge in [-0.05, 0) is 6.92 Å². The van der Waals surface area contributed by atoms with E-state index in [4.69, 9.17) is 0 Å². The van der Waals surface area contributed by atoms with Crippen LogP contribution in [0, 0.1) is 0 Å². The SMILES string of the molecule is C=C(C)C(=O)NCCC[N+](C)(C)CC(=O)NCCC[N+](C)(C)CC(O)C[N+](C)(C)C. The summed E-state index contributed by atoms with van der Waals surface area (Å²) in [5.74, 6) is -0.0780. The van der Waals surface area contributed by atoms with Gasteiger partial charge in [0, 0.05) is 31.5 Å². The van der Waals surface area contributed by atoms with Crippen LogP contribution in [-0.4, -0.2) is 132 Å². The summed E-state index contributed by atoms with van der Waals surface area (Å²) in [6.45, 7) is 10.1. The minimum Gasteiger partial charge on any atom is -0.382 e. The summed E-state index contributed by atoms with van der Waals surface area (Å²) in [5.41, 5.74) is 0.507. The molecule has 0 rings (SSSR count). The third kappa shape index (κ3) is 15.4. The summed E-state index contributed by atoms with van der Waals surface area (Å²) in [6.07, 6.45) is 1.34. The molecule has 176 valence electrons. The molecule has 0 aromatic rings. The van der Waals surface area contributed by atoms with Crippen LogP contribution in [0.2, 0.25) is 0 Å². The van der Waals surface area contributed by atoms with Crippen LogP contribution in [0.3, 0.4) is 0 Å². The van der Waals surface area contributed by atoms with Gasteiger partial charge in [-0.3, -0.25) is 9.59 Å². The average Bonchev–Trinajstić information content (AvgIpc) is 2.52. The van der Waals surface area contributed by atoms with Gasteiger partial charge in [-0.1, -0.05) is 6.58 Å². The maximum atomic E-state index is 12.3. The Labute approximate surface area is 184 Å². The van der Waals surface area contributed by atoms with Crippen molar-refractivity contribution in [3.05, 3.63) is 12.2 Å².